The zero-order valence-corrected chi connectivity index (χ0v) is 19.9. The number of carbonyl (C=O) groups excluding carboxylic acids is 1. The molecular weight excluding hydrogens is 538 g/mol. The van der Waals surface area contributed by atoms with Gasteiger partial charge in [-0.2, -0.15) is 0 Å². The van der Waals surface area contributed by atoms with Gasteiger partial charge in [0.1, 0.15) is 11.6 Å². The van der Waals surface area contributed by atoms with Gasteiger partial charge < -0.3 is 10.1 Å². The fourth-order valence-electron chi connectivity index (χ4n) is 3.79. The topological polar surface area (TPSA) is 73.2 Å². The van der Waals surface area contributed by atoms with E-state index in [1.807, 2.05) is 42.5 Å². The van der Waals surface area contributed by atoms with E-state index in [0.717, 1.165) is 15.7 Å². The van der Waals surface area contributed by atoms with Gasteiger partial charge in [0.15, 0.2) is 0 Å². The van der Waals surface area contributed by atoms with Crippen molar-refractivity contribution in [2.24, 2.45) is 0 Å². The number of para-hydroxylation sites is 3. The molecule has 0 saturated heterocycles. The molecule has 0 fully saturated rings. The Balaban J connectivity index is 1.88. The summed E-state index contributed by atoms with van der Waals surface area (Å²) in [5.74, 6) is 0.583. The van der Waals surface area contributed by atoms with Gasteiger partial charge in [-0.3, -0.25) is 14.2 Å². The van der Waals surface area contributed by atoms with Crippen LogP contribution in [0.15, 0.2) is 74.4 Å². The maximum atomic E-state index is 13.7. The summed E-state index contributed by atoms with van der Waals surface area (Å²) in [7, 11) is 1.55. The normalized spacial score (nSPS) is 14.0. The predicted octanol–water partition coefficient (Wildman–Crippen LogP) is 5.41. The van der Waals surface area contributed by atoms with Crippen molar-refractivity contribution in [3.05, 3.63) is 91.4 Å². The average molecular weight is 553 g/mol. The Hall–Kier alpha value is -3.23. The van der Waals surface area contributed by atoms with Crippen molar-refractivity contribution in [1.82, 2.24) is 9.55 Å². The molecule has 0 atom stereocenters. The summed E-state index contributed by atoms with van der Waals surface area (Å²) < 4.78 is 8.40. The first-order chi connectivity index (χ1) is 15.5. The summed E-state index contributed by atoms with van der Waals surface area (Å²) in [4.78, 5) is 31.2. The van der Waals surface area contributed by atoms with Crippen molar-refractivity contribution in [2.45, 2.75) is 0 Å². The van der Waals surface area contributed by atoms with Crippen LogP contribution in [0.25, 0.3) is 28.2 Å². The van der Waals surface area contributed by atoms with Crippen molar-refractivity contribution >= 4 is 66.0 Å². The SMILES string of the molecule is COc1ccccc1-n1c(/C=C2\C(=O)Nc3ccccc32)nc2c(Br)cc(Br)cc2c1=O. The van der Waals surface area contributed by atoms with Crippen LogP contribution in [0.5, 0.6) is 5.75 Å². The van der Waals surface area contributed by atoms with Crippen LogP contribution < -0.4 is 15.6 Å². The van der Waals surface area contributed by atoms with Gasteiger partial charge in [0.2, 0.25) is 0 Å². The van der Waals surface area contributed by atoms with E-state index in [4.69, 9.17) is 9.72 Å². The minimum Gasteiger partial charge on any atom is -0.495 e. The van der Waals surface area contributed by atoms with E-state index in [9.17, 15) is 9.59 Å². The second kappa shape index (κ2) is 8.03. The number of carbonyl (C=O) groups is 1. The minimum absolute atomic E-state index is 0.248. The Morgan fingerprint density at radius 1 is 1.03 bits per heavy atom. The number of amides is 1. The Morgan fingerprint density at radius 2 is 1.78 bits per heavy atom. The maximum absolute atomic E-state index is 13.7. The third kappa shape index (κ3) is 3.36. The van der Waals surface area contributed by atoms with Gasteiger partial charge >= 0.3 is 0 Å². The van der Waals surface area contributed by atoms with Crippen molar-refractivity contribution < 1.29 is 9.53 Å². The molecule has 2 heterocycles. The smallest absolute Gasteiger partial charge is 0.266 e. The van der Waals surface area contributed by atoms with Crippen LogP contribution in [0.4, 0.5) is 5.69 Å². The van der Waals surface area contributed by atoms with E-state index in [1.54, 1.807) is 31.4 Å². The number of benzene rings is 3. The second-order valence-corrected chi connectivity index (χ2v) is 8.89. The fraction of sp³-hybridized carbons (Fsp3) is 0.0417. The minimum atomic E-state index is -0.278. The van der Waals surface area contributed by atoms with Crippen LogP contribution >= 0.6 is 31.9 Å². The number of anilines is 1. The van der Waals surface area contributed by atoms with Crippen LogP contribution in [0.3, 0.4) is 0 Å². The average Bonchev–Trinajstić information content (AvgIpc) is 3.10. The zero-order valence-electron chi connectivity index (χ0n) is 16.7. The molecule has 0 spiro atoms. The molecule has 1 amide bonds. The number of ether oxygens (including phenoxy) is 1. The fourth-order valence-corrected chi connectivity index (χ4v) is 5.10. The van der Waals surface area contributed by atoms with Gasteiger partial charge in [-0.15, -0.1) is 0 Å². The lowest BCUT2D eigenvalue weighted by molar-refractivity contribution is -0.110. The molecule has 0 unspecified atom stereocenters. The third-order valence-corrected chi connectivity index (χ3v) is 6.29. The number of methoxy groups -OCH3 is 1. The molecule has 8 heteroatoms. The van der Waals surface area contributed by atoms with Crippen molar-refractivity contribution in [3.63, 3.8) is 0 Å². The number of hydrogen-bond acceptors (Lipinski definition) is 4. The molecule has 32 heavy (non-hydrogen) atoms. The van der Waals surface area contributed by atoms with Crippen molar-refractivity contribution in [3.8, 4) is 11.4 Å². The van der Waals surface area contributed by atoms with Gasteiger partial charge in [0.25, 0.3) is 11.5 Å². The lowest BCUT2D eigenvalue weighted by atomic mass is 10.1. The van der Waals surface area contributed by atoms with E-state index in [2.05, 4.69) is 37.2 Å². The number of rotatable bonds is 3. The van der Waals surface area contributed by atoms with Gasteiger partial charge in [-0.05, 0) is 52.3 Å². The van der Waals surface area contributed by atoms with E-state index < -0.39 is 0 Å². The molecule has 5 rings (SSSR count). The maximum Gasteiger partial charge on any atom is 0.266 e. The van der Waals surface area contributed by atoms with E-state index in [-0.39, 0.29) is 11.5 Å². The molecular formula is C24H15Br2N3O3. The number of hydrogen-bond donors (Lipinski definition) is 1. The number of aromatic nitrogens is 2. The van der Waals surface area contributed by atoms with Crippen LogP contribution in [0.2, 0.25) is 0 Å². The highest BCUT2D eigenvalue weighted by atomic mass is 79.9. The highest BCUT2D eigenvalue weighted by Crippen LogP contribution is 2.34. The molecule has 0 bridgehead atoms. The lowest BCUT2D eigenvalue weighted by Gasteiger charge is -2.15. The first-order valence-electron chi connectivity index (χ1n) is 9.65. The van der Waals surface area contributed by atoms with Gasteiger partial charge in [-0.1, -0.05) is 46.3 Å². The largest absolute Gasteiger partial charge is 0.495 e. The molecule has 158 valence electrons. The quantitative estimate of drug-likeness (QED) is 0.345. The Morgan fingerprint density at radius 3 is 2.59 bits per heavy atom. The van der Waals surface area contributed by atoms with Gasteiger partial charge in [0, 0.05) is 20.2 Å². The standard InChI is InChI=1S/C24H15Br2N3O3/c1-32-20-9-5-4-8-19(20)29-21(12-15-14-6-2-3-7-18(14)27-23(15)30)28-22-16(24(29)31)10-13(25)11-17(22)26/h2-12H,1H3,(H,27,30)/b15-12-. The first-order valence-corrected chi connectivity index (χ1v) is 11.2. The third-order valence-electron chi connectivity index (χ3n) is 5.23. The summed E-state index contributed by atoms with van der Waals surface area (Å²) in [5.41, 5.74) is 2.67. The summed E-state index contributed by atoms with van der Waals surface area (Å²) in [6, 6.07) is 18.2. The molecule has 4 aromatic rings. The van der Waals surface area contributed by atoms with E-state index in [0.29, 0.717) is 38.2 Å². The molecule has 0 saturated carbocycles. The lowest BCUT2D eigenvalue weighted by Crippen LogP contribution is -2.23. The van der Waals surface area contributed by atoms with Crippen molar-refractivity contribution in [1.29, 1.82) is 0 Å². The Bertz CT molecular complexity index is 1510. The molecule has 1 aliphatic rings. The van der Waals surface area contributed by atoms with Gasteiger partial charge in [0.05, 0.1) is 29.3 Å². The highest BCUT2D eigenvalue weighted by molar-refractivity contribution is 9.11. The summed E-state index contributed by atoms with van der Waals surface area (Å²) in [6.45, 7) is 0. The van der Waals surface area contributed by atoms with Crippen LogP contribution in [-0.4, -0.2) is 22.6 Å². The highest BCUT2D eigenvalue weighted by Gasteiger charge is 2.25. The van der Waals surface area contributed by atoms with Crippen LogP contribution in [-0.2, 0) is 4.79 Å². The monoisotopic (exact) mass is 551 g/mol. The first kappa shape index (κ1) is 20.7. The summed E-state index contributed by atoms with van der Waals surface area (Å²) in [5, 5.41) is 3.28. The molecule has 0 radical (unpaired) electrons. The van der Waals surface area contributed by atoms with E-state index >= 15 is 0 Å². The molecule has 1 aliphatic heterocycles. The van der Waals surface area contributed by atoms with Crippen molar-refractivity contribution in [2.75, 3.05) is 12.4 Å². The Labute approximate surface area is 199 Å². The number of halogens is 2. The predicted molar refractivity (Wildman–Crippen MR) is 132 cm³/mol. The number of fused-ring (bicyclic) bond motifs is 2. The molecule has 6 nitrogen and oxygen atoms in total. The molecule has 3 aromatic carbocycles. The Kier molecular flexibility index (Phi) is 5.19. The molecule has 0 aliphatic carbocycles. The summed E-state index contributed by atoms with van der Waals surface area (Å²) >= 11 is 6.96. The van der Waals surface area contributed by atoms with Crippen LogP contribution in [0.1, 0.15) is 11.4 Å². The number of nitrogens with one attached hydrogen (secondary N) is 1. The number of nitrogens with zero attached hydrogens (tertiary/aromatic N) is 2. The van der Waals surface area contributed by atoms with Gasteiger partial charge in [-0.25, -0.2) is 4.98 Å². The van der Waals surface area contributed by atoms with Crippen LogP contribution in [0, 0.1) is 0 Å². The van der Waals surface area contributed by atoms with E-state index in [1.165, 1.54) is 4.57 Å². The summed E-state index contributed by atoms with van der Waals surface area (Å²) in [6.07, 6.45) is 1.64. The molecule has 1 aromatic heterocycles. The molecule has 1 N–H and O–H groups in total. The second-order valence-electron chi connectivity index (χ2n) is 7.12. The zero-order chi connectivity index (χ0) is 22.4.